The summed E-state index contributed by atoms with van der Waals surface area (Å²) < 4.78 is 0. The number of aldehydes is 1. The van der Waals surface area contributed by atoms with E-state index in [1.54, 1.807) is 0 Å². The van der Waals surface area contributed by atoms with Gasteiger partial charge in [-0.3, -0.25) is 4.79 Å². The first-order valence-electron chi connectivity index (χ1n) is 3.34. The standard InChI is InChI=1S/C8H10O2S/c1-7(10)8(6-9)11-4-2-3-5-11/h2-6,8,11H,1H3. The molecule has 2 nitrogen and oxygen atoms in total. The maximum Gasteiger partial charge on any atom is 0.148 e. The molecule has 1 rings (SSSR count). The van der Waals surface area contributed by atoms with Crippen molar-refractivity contribution < 1.29 is 9.59 Å². The molecule has 1 aliphatic rings. The molecule has 0 aromatic heterocycles. The van der Waals surface area contributed by atoms with Crippen molar-refractivity contribution in [1.29, 1.82) is 0 Å². The highest BCUT2D eigenvalue weighted by Crippen LogP contribution is 2.37. The third kappa shape index (κ3) is 1.80. The molecule has 1 aliphatic heterocycles. The second kappa shape index (κ2) is 3.53. The molecule has 0 saturated heterocycles. The van der Waals surface area contributed by atoms with E-state index in [-0.39, 0.29) is 5.78 Å². The summed E-state index contributed by atoms with van der Waals surface area (Å²) in [4.78, 5) is 21.3. The van der Waals surface area contributed by atoms with E-state index in [1.807, 2.05) is 23.0 Å². The van der Waals surface area contributed by atoms with E-state index in [4.69, 9.17) is 0 Å². The number of hydrogen-bond acceptors (Lipinski definition) is 2. The second-order valence-corrected chi connectivity index (χ2v) is 4.37. The molecule has 1 atom stereocenters. The number of allylic oxidation sites excluding steroid dienone is 2. The summed E-state index contributed by atoms with van der Waals surface area (Å²) >= 11 is 0. The fourth-order valence-electron chi connectivity index (χ4n) is 0.909. The molecule has 3 heteroatoms. The highest BCUT2D eigenvalue weighted by Gasteiger charge is 2.18. The van der Waals surface area contributed by atoms with Gasteiger partial charge in [0.25, 0.3) is 0 Å². The Labute approximate surface area is 68.3 Å². The van der Waals surface area contributed by atoms with E-state index in [0.717, 1.165) is 6.29 Å². The quantitative estimate of drug-likeness (QED) is 0.392. The average molecular weight is 170 g/mol. The van der Waals surface area contributed by atoms with E-state index >= 15 is 0 Å². The number of hydrogen-bond donors (Lipinski definition) is 1. The zero-order chi connectivity index (χ0) is 8.27. The number of carbonyl (C=O) groups excluding carboxylic acids is 2. The molecule has 0 saturated carbocycles. The minimum absolute atomic E-state index is 0.0395. The lowest BCUT2D eigenvalue weighted by atomic mass is 10.3. The van der Waals surface area contributed by atoms with Gasteiger partial charge in [-0.15, -0.1) is 0 Å². The van der Waals surface area contributed by atoms with Crippen molar-refractivity contribution in [2.45, 2.75) is 12.2 Å². The van der Waals surface area contributed by atoms with Gasteiger partial charge in [-0.25, -0.2) is 0 Å². The lowest BCUT2D eigenvalue weighted by Gasteiger charge is -2.14. The van der Waals surface area contributed by atoms with Crippen molar-refractivity contribution in [2.24, 2.45) is 0 Å². The molecule has 0 aliphatic carbocycles. The smallest absolute Gasteiger partial charge is 0.148 e. The molecule has 0 amide bonds. The minimum atomic E-state index is -0.627. The van der Waals surface area contributed by atoms with Crippen LogP contribution in [0.2, 0.25) is 0 Å². The summed E-state index contributed by atoms with van der Waals surface area (Å²) in [5.74, 6) is -0.0395. The first kappa shape index (κ1) is 8.27. The van der Waals surface area contributed by atoms with Crippen LogP contribution in [0.3, 0.4) is 0 Å². The topological polar surface area (TPSA) is 34.1 Å². The SMILES string of the molecule is CC(=O)C(C=O)[SH]1C=CC=C1. The highest BCUT2D eigenvalue weighted by atomic mass is 32.2. The van der Waals surface area contributed by atoms with Crippen molar-refractivity contribution in [1.82, 2.24) is 0 Å². The Hall–Kier alpha value is -0.830. The summed E-state index contributed by atoms with van der Waals surface area (Å²) in [5, 5.41) is 3.44. The normalized spacial score (nSPS) is 20.3. The molecule has 60 valence electrons. The summed E-state index contributed by atoms with van der Waals surface area (Å²) in [6.07, 6.45) is 4.50. The van der Waals surface area contributed by atoms with Crippen molar-refractivity contribution in [2.75, 3.05) is 0 Å². The first-order chi connectivity index (χ1) is 5.25. The summed E-state index contributed by atoms with van der Waals surface area (Å²) in [5.41, 5.74) is 0. The van der Waals surface area contributed by atoms with Crippen LogP contribution in [-0.2, 0) is 9.59 Å². The molecule has 0 radical (unpaired) electrons. The Morgan fingerprint density at radius 1 is 1.45 bits per heavy atom. The molecular weight excluding hydrogens is 160 g/mol. The van der Waals surface area contributed by atoms with Gasteiger partial charge in [-0.1, -0.05) is 12.2 Å². The maximum atomic E-state index is 10.9. The molecule has 0 aromatic carbocycles. The van der Waals surface area contributed by atoms with Gasteiger partial charge in [0.1, 0.15) is 17.3 Å². The predicted molar refractivity (Wildman–Crippen MR) is 47.8 cm³/mol. The molecule has 11 heavy (non-hydrogen) atoms. The van der Waals surface area contributed by atoms with Gasteiger partial charge in [-0.2, -0.15) is 10.9 Å². The number of ketones is 1. The van der Waals surface area contributed by atoms with Crippen LogP contribution in [0.5, 0.6) is 0 Å². The average Bonchev–Trinajstić information content (AvgIpc) is 2.40. The third-order valence-electron chi connectivity index (χ3n) is 1.49. The van der Waals surface area contributed by atoms with Gasteiger partial charge in [0.15, 0.2) is 0 Å². The van der Waals surface area contributed by atoms with Crippen LogP contribution in [0.15, 0.2) is 23.0 Å². The monoisotopic (exact) mass is 170 g/mol. The number of carbonyl (C=O) groups is 2. The summed E-state index contributed by atoms with van der Waals surface area (Å²) in [6.45, 7) is 1.46. The van der Waals surface area contributed by atoms with Gasteiger partial charge in [0.05, 0.1) is 0 Å². The zero-order valence-corrected chi connectivity index (χ0v) is 7.12. The van der Waals surface area contributed by atoms with E-state index in [1.165, 1.54) is 6.92 Å². The molecule has 0 spiro atoms. The first-order valence-corrected chi connectivity index (χ1v) is 4.89. The van der Waals surface area contributed by atoms with Crippen molar-refractivity contribution in [3.8, 4) is 0 Å². The zero-order valence-electron chi connectivity index (χ0n) is 6.23. The van der Waals surface area contributed by atoms with Gasteiger partial charge < -0.3 is 4.79 Å². The third-order valence-corrected chi connectivity index (χ3v) is 3.65. The molecular formula is C8H10O2S. The second-order valence-electron chi connectivity index (χ2n) is 2.32. The van der Waals surface area contributed by atoms with Crippen LogP contribution < -0.4 is 0 Å². The van der Waals surface area contributed by atoms with Crippen molar-refractivity contribution >= 4 is 23.0 Å². The van der Waals surface area contributed by atoms with Crippen molar-refractivity contribution in [3.05, 3.63) is 23.0 Å². The van der Waals surface area contributed by atoms with E-state index in [9.17, 15) is 9.59 Å². The maximum absolute atomic E-state index is 10.9. The fourth-order valence-corrected chi connectivity index (χ4v) is 2.54. The Balaban J connectivity index is 2.69. The van der Waals surface area contributed by atoms with Gasteiger partial charge in [0, 0.05) is 0 Å². The number of rotatable bonds is 3. The van der Waals surface area contributed by atoms with Crippen LogP contribution in [0, 0.1) is 0 Å². The lowest BCUT2D eigenvalue weighted by Crippen LogP contribution is -2.17. The number of thiol groups is 1. The van der Waals surface area contributed by atoms with Crippen LogP contribution in [0.4, 0.5) is 0 Å². The number of Topliss-reactive ketones (excluding diaryl/α,β-unsaturated/α-hetero) is 1. The molecule has 0 fully saturated rings. The van der Waals surface area contributed by atoms with Gasteiger partial charge in [-0.05, 0) is 17.7 Å². The molecule has 0 bridgehead atoms. The molecule has 1 unspecified atom stereocenters. The molecule has 0 aromatic rings. The fraction of sp³-hybridized carbons (Fsp3) is 0.250. The summed E-state index contributed by atoms with van der Waals surface area (Å²) in [6, 6.07) is 0. The largest absolute Gasteiger partial charge is 0.302 e. The Morgan fingerprint density at radius 3 is 2.36 bits per heavy atom. The van der Waals surface area contributed by atoms with Crippen LogP contribution in [-0.4, -0.2) is 17.3 Å². The van der Waals surface area contributed by atoms with Crippen LogP contribution in [0.25, 0.3) is 0 Å². The summed E-state index contributed by atoms with van der Waals surface area (Å²) in [7, 11) is -0.627. The molecule has 1 heterocycles. The van der Waals surface area contributed by atoms with Gasteiger partial charge >= 0.3 is 0 Å². The highest BCUT2D eigenvalue weighted by molar-refractivity contribution is 8.23. The van der Waals surface area contributed by atoms with Crippen LogP contribution >= 0.6 is 10.9 Å². The minimum Gasteiger partial charge on any atom is -0.302 e. The van der Waals surface area contributed by atoms with E-state index in [0.29, 0.717) is 0 Å². The molecule has 0 N–H and O–H groups in total. The van der Waals surface area contributed by atoms with Crippen LogP contribution in [0.1, 0.15) is 6.92 Å². The Morgan fingerprint density at radius 2 is 2.00 bits per heavy atom. The van der Waals surface area contributed by atoms with E-state index < -0.39 is 16.1 Å². The van der Waals surface area contributed by atoms with E-state index in [2.05, 4.69) is 0 Å². The van der Waals surface area contributed by atoms with Gasteiger partial charge in [0.2, 0.25) is 0 Å². The Bertz CT molecular complexity index is 218. The van der Waals surface area contributed by atoms with Crippen molar-refractivity contribution in [3.63, 3.8) is 0 Å². The Kier molecular flexibility index (Phi) is 2.65. The lowest BCUT2D eigenvalue weighted by molar-refractivity contribution is -0.119. The predicted octanol–water partition coefficient (Wildman–Crippen LogP) is 1.19.